The predicted molar refractivity (Wildman–Crippen MR) is 145 cm³/mol. The smallest absolute Gasteiger partial charge is 0.385 e. The molecule has 1 heterocycles. The van der Waals surface area contributed by atoms with E-state index in [9.17, 15) is 23.1 Å². The molecule has 4 saturated carbocycles. The largest absolute Gasteiger partial charge is 0.417 e. The van der Waals surface area contributed by atoms with E-state index in [1.54, 1.807) is 25.3 Å². The predicted octanol–water partition coefficient (Wildman–Crippen LogP) is 6.62. The molecule has 0 unspecified atom stereocenters. The number of ketones is 1. The van der Waals surface area contributed by atoms with Gasteiger partial charge in [0.25, 0.3) is 0 Å². The Hall–Kier alpha value is -1.71. The van der Waals surface area contributed by atoms with Crippen molar-refractivity contribution in [2.45, 2.75) is 89.5 Å². The molecule has 0 spiro atoms. The molecule has 8 atom stereocenters. The molecule has 4 aliphatic carbocycles. The Morgan fingerprint density at radius 1 is 1.10 bits per heavy atom. The molecule has 6 nitrogen and oxygen atoms in total. The monoisotopic (exact) mass is 581 g/mol. The third kappa shape index (κ3) is 4.41. The highest BCUT2D eigenvalue weighted by atomic mass is 35.5. The van der Waals surface area contributed by atoms with Crippen LogP contribution in [0, 0.1) is 40.4 Å². The van der Waals surface area contributed by atoms with E-state index in [2.05, 4.69) is 17.1 Å². The zero-order chi connectivity index (χ0) is 28.5. The summed E-state index contributed by atoms with van der Waals surface area (Å²) in [5, 5.41) is 20.2. The first-order valence-corrected chi connectivity index (χ1v) is 15.1. The first-order valence-electron chi connectivity index (χ1n) is 14.7. The van der Waals surface area contributed by atoms with Gasteiger partial charge < -0.3 is 9.84 Å². The standard InChI is InChI=1S/C30H39ClF3N3O3/c1-27-10-9-22-20(5-3-18-16-29(39,30(32,33)34)12-11-28(18,22)13-14-40-2)21(27)6-7-23(27)26(38)17-37-35-24-8-4-19(31)15-25(24)36-37/h4,8,15,18,20-23,39H,3,5-7,9-14,16-17H2,1-2H3/t18-,20+,21+,22+,23-,27+,28-,29-/m1/s1. The second-order valence-corrected chi connectivity index (χ2v) is 13.8. The maximum atomic E-state index is 13.9. The third-order valence-electron chi connectivity index (χ3n) is 11.8. The van der Waals surface area contributed by atoms with Crippen LogP contribution in [0.15, 0.2) is 18.2 Å². The van der Waals surface area contributed by atoms with E-state index in [1.165, 1.54) is 4.80 Å². The molecule has 2 aromatic rings. The second kappa shape index (κ2) is 9.94. The average molecular weight is 582 g/mol. The number of methoxy groups -OCH3 is 1. The minimum absolute atomic E-state index is 0.0783. The number of carbonyl (C=O) groups excluding carboxylic acids is 1. The van der Waals surface area contributed by atoms with Gasteiger partial charge in [-0.15, -0.1) is 0 Å². The Morgan fingerprint density at radius 3 is 2.62 bits per heavy atom. The number of fused-ring (bicyclic) bond motifs is 6. The van der Waals surface area contributed by atoms with Crippen molar-refractivity contribution in [2.24, 2.45) is 40.4 Å². The van der Waals surface area contributed by atoms with Crippen LogP contribution >= 0.6 is 11.6 Å². The van der Waals surface area contributed by atoms with Gasteiger partial charge in [-0.05, 0) is 117 Å². The molecule has 0 amide bonds. The van der Waals surface area contributed by atoms with E-state index < -0.39 is 11.8 Å². The number of hydrogen-bond donors (Lipinski definition) is 1. The van der Waals surface area contributed by atoms with Gasteiger partial charge in [-0.1, -0.05) is 18.5 Å². The lowest BCUT2D eigenvalue weighted by Crippen LogP contribution is -2.60. The SMILES string of the molecule is COCC[C@]12CC[C@](O)(C(F)(F)F)C[C@H]1CC[C@H]1[C@@H]3CC[C@H](C(=O)Cn4nc5ccc(Cl)cc5n4)[C@@]3(C)CC[C@@H]12. The molecule has 0 aliphatic heterocycles. The fourth-order valence-electron chi connectivity index (χ4n) is 9.88. The van der Waals surface area contributed by atoms with Gasteiger partial charge in [0, 0.05) is 24.7 Å². The van der Waals surface area contributed by atoms with Crippen molar-refractivity contribution in [2.75, 3.05) is 13.7 Å². The van der Waals surface area contributed by atoms with Crippen LogP contribution < -0.4 is 0 Å². The molecule has 0 radical (unpaired) electrons. The van der Waals surface area contributed by atoms with Crippen LogP contribution in [0.4, 0.5) is 13.2 Å². The number of nitrogens with zero attached hydrogens (tertiary/aromatic N) is 3. The Kier molecular flexibility index (Phi) is 7.06. The van der Waals surface area contributed by atoms with Gasteiger partial charge in [-0.25, -0.2) is 0 Å². The molecular formula is C30H39ClF3N3O3. The Balaban J connectivity index is 1.22. The Labute approximate surface area is 238 Å². The molecule has 0 bridgehead atoms. The molecule has 0 saturated heterocycles. The minimum Gasteiger partial charge on any atom is -0.385 e. The molecule has 220 valence electrons. The lowest BCUT2D eigenvalue weighted by molar-refractivity contribution is -0.292. The van der Waals surface area contributed by atoms with Crippen molar-refractivity contribution in [1.29, 1.82) is 0 Å². The fourth-order valence-corrected chi connectivity index (χ4v) is 10.0. The highest BCUT2D eigenvalue weighted by Gasteiger charge is 2.66. The normalized spacial score (nSPS) is 39.5. The second-order valence-electron chi connectivity index (χ2n) is 13.4. The molecule has 10 heteroatoms. The van der Waals surface area contributed by atoms with Gasteiger partial charge in [0.2, 0.25) is 0 Å². The van der Waals surface area contributed by atoms with E-state index in [0.717, 1.165) is 38.5 Å². The molecule has 6 rings (SSSR count). The quantitative estimate of drug-likeness (QED) is 0.415. The van der Waals surface area contributed by atoms with Gasteiger partial charge in [0.1, 0.15) is 17.6 Å². The maximum Gasteiger partial charge on any atom is 0.417 e. The molecule has 1 aromatic carbocycles. The van der Waals surface area contributed by atoms with Crippen molar-refractivity contribution < 1.29 is 27.8 Å². The highest BCUT2D eigenvalue weighted by Crippen LogP contribution is 2.69. The maximum absolute atomic E-state index is 13.9. The number of carbonyl (C=O) groups is 1. The number of rotatable bonds is 6. The van der Waals surface area contributed by atoms with Gasteiger partial charge >= 0.3 is 6.18 Å². The van der Waals surface area contributed by atoms with Crippen LogP contribution in [-0.4, -0.2) is 51.4 Å². The first kappa shape index (κ1) is 28.4. The van der Waals surface area contributed by atoms with Crippen molar-refractivity contribution in [3.63, 3.8) is 0 Å². The topological polar surface area (TPSA) is 77.2 Å². The van der Waals surface area contributed by atoms with Crippen LogP contribution in [0.1, 0.15) is 71.1 Å². The summed E-state index contributed by atoms with van der Waals surface area (Å²) in [6.07, 6.45) is 1.23. The molecular weight excluding hydrogens is 543 g/mol. The number of halogens is 4. The number of Topliss-reactive ketones (excluding diaryl/α,β-unsaturated/α-hetero) is 1. The first-order chi connectivity index (χ1) is 18.9. The number of ether oxygens (including phenoxy) is 1. The summed E-state index contributed by atoms with van der Waals surface area (Å²) in [5.41, 5.74) is -1.60. The third-order valence-corrected chi connectivity index (χ3v) is 12.0. The Bertz CT molecular complexity index is 1290. The van der Waals surface area contributed by atoms with E-state index in [4.69, 9.17) is 16.3 Å². The fraction of sp³-hybridized carbons (Fsp3) is 0.767. The zero-order valence-corrected chi connectivity index (χ0v) is 24.0. The molecule has 4 fully saturated rings. The summed E-state index contributed by atoms with van der Waals surface area (Å²) in [5.74, 6) is 0.965. The van der Waals surface area contributed by atoms with Crippen LogP contribution in [-0.2, 0) is 16.1 Å². The lowest BCUT2D eigenvalue weighted by atomic mass is 9.42. The highest BCUT2D eigenvalue weighted by molar-refractivity contribution is 6.31. The summed E-state index contributed by atoms with van der Waals surface area (Å²) in [6, 6.07) is 5.31. The van der Waals surface area contributed by atoms with Crippen LogP contribution in [0.5, 0.6) is 0 Å². The van der Waals surface area contributed by atoms with E-state index >= 15 is 0 Å². The van der Waals surface area contributed by atoms with Gasteiger partial charge in [-0.2, -0.15) is 28.2 Å². The van der Waals surface area contributed by atoms with E-state index in [1.807, 2.05) is 0 Å². The van der Waals surface area contributed by atoms with Crippen molar-refractivity contribution in [1.82, 2.24) is 15.0 Å². The van der Waals surface area contributed by atoms with Crippen molar-refractivity contribution in [3.05, 3.63) is 23.2 Å². The zero-order valence-electron chi connectivity index (χ0n) is 23.2. The minimum atomic E-state index is -4.61. The lowest BCUT2D eigenvalue weighted by Gasteiger charge is -2.63. The summed E-state index contributed by atoms with van der Waals surface area (Å²) in [7, 11) is 1.65. The van der Waals surface area contributed by atoms with Crippen LogP contribution in [0.2, 0.25) is 5.02 Å². The number of benzene rings is 1. The summed E-state index contributed by atoms with van der Waals surface area (Å²) >= 11 is 6.09. The van der Waals surface area contributed by atoms with Gasteiger partial charge in [0.15, 0.2) is 11.4 Å². The van der Waals surface area contributed by atoms with Crippen molar-refractivity contribution >= 4 is 28.4 Å². The molecule has 1 aromatic heterocycles. The van der Waals surface area contributed by atoms with Crippen molar-refractivity contribution in [3.8, 4) is 0 Å². The van der Waals surface area contributed by atoms with E-state index in [0.29, 0.717) is 53.3 Å². The number of alkyl halides is 3. The summed E-state index contributed by atoms with van der Waals surface area (Å²) in [6.45, 7) is 2.92. The Morgan fingerprint density at radius 2 is 1.88 bits per heavy atom. The molecule has 4 aliphatic rings. The van der Waals surface area contributed by atoms with Gasteiger partial charge in [-0.3, -0.25) is 4.79 Å². The average Bonchev–Trinajstić information content (AvgIpc) is 3.46. The molecule has 40 heavy (non-hydrogen) atoms. The number of aliphatic hydroxyl groups is 1. The van der Waals surface area contributed by atoms with E-state index in [-0.39, 0.29) is 47.8 Å². The summed E-state index contributed by atoms with van der Waals surface area (Å²) in [4.78, 5) is 15.2. The summed E-state index contributed by atoms with van der Waals surface area (Å²) < 4.78 is 47.0. The van der Waals surface area contributed by atoms with Crippen LogP contribution in [0.3, 0.4) is 0 Å². The van der Waals surface area contributed by atoms with Crippen LogP contribution in [0.25, 0.3) is 11.0 Å². The number of aromatic nitrogens is 3. The molecule has 1 N–H and O–H groups in total. The number of hydrogen-bond acceptors (Lipinski definition) is 5. The van der Waals surface area contributed by atoms with Gasteiger partial charge in [0.05, 0.1) is 0 Å².